The molecule has 29 heavy (non-hydrogen) atoms. The number of hydrogen-bond donors (Lipinski definition) is 2. The van der Waals surface area contributed by atoms with E-state index < -0.39 is 16.4 Å². The van der Waals surface area contributed by atoms with E-state index in [1.54, 1.807) is 30.5 Å². The number of rotatable bonds is 5. The molecule has 0 amide bonds. The molecular formula is C19H12BrFN6O2. The Morgan fingerprint density at radius 2 is 1.69 bits per heavy atom. The number of nitrogens with zero attached hydrogens (tertiary/aromatic N) is 4. The summed E-state index contributed by atoms with van der Waals surface area (Å²) in [5.74, 6) is -0.759. The van der Waals surface area contributed by atoms with Gasteiger partial charge in [0.2, 0.25) is 11.6 Å². The first-order chi connectivity index (χ1) is 14.0. The van der Waals surface area contributed by atoms with Crippen LogP contribution in [0.5, 0.6) is 0 Å². The quantitative estimate of drug-likeness (QED) is 0.310. The molecule has 2 heterocycles. The molecule has 8 nitrogen and oxygen atoms in total. The number of hydrogen-bond acceptors (Lipinski definition) is 7. The Labute approximate surface area is 172 Å². The minimum atomic E-state index is -0.625. The van der Waals surface area contributed by atoms with Crippen molar-refractivity contribution in [2.45, 2.75) is 0 Å². The molecule has 0 aliphatic heterocycles. The van der Waals surface area contributed by atoms with Crippen LogP contribution in [0.25, 0.3) is 10.9 Å². The zero-order chi connectivity index (χ0) is 20.4. The first-order valence-electron chi connectivity index (χ1n) is 8.35. The number of para-hydroxylation sites is 1. The van der Waals surface area contributed by atoms with Crippen LogP contribution in [0.4, 0.5) is 33.1 Å². The molecule has 0 spiro atoms. The minimum Gasteiger partial charge on any atom is -0.332 e. The van der Waals surface area contributed by atoms with E-state index in [9.17, 15) is 14.5 Å². The lowest BCUT2D eigenvalue weighted by molar-refractivity contribution is -0.383. The number of nitrogens with one attached hydrogen (secondary N) is 2. The van der Waals surface area contributed by atoms with Gasteiger partial charge in [0.25, 0.3) is 0 Å². The van der Waals surface area contributed by atoms with Crippen LogP contribution < -0.4 is 10.6 Å². The van der Waals surface area contributed by atoms with E-state index >= 15 is 0 Å². The number of benzene rings is 2. The number of halogens is 2. The van der Waals surface area contributed by atoms with Crippen LogP contribution in [-0.4, -0.2) is 19.9 Å². The zero-order valence-corrected chi connectivity index (χ0v) is 16.2. The molecule has 0 unspecified atom stereocenters. The summed E-state index contributed by atoms with van der Waals surface area (Å²) >= 11 is 3.17. The van der Waals surface area contributed by atoms with Crippen LogP contribution in [0.2, 0.25) is 0 Å². The van der Waals surface area contributed by atoms with Gasteiger partial charge < -0.3 is 10.6 Å². The molecule has 2 aromatic heterocycles. The van der Waals surface area contributed by atoms with Crippen molar-refractivity contribution in [1.29, 1.82) is 0 Å². The Hall–Kier alpha value is -3.66. The molecule has 144 valence electrons. The highest BCUT2D eigenvalue weighted by atomic mass is 79.9. The third-order valence-electron chi connectivity index (χ3n) is 4.07. The van der Waals surface area contributed by atoms with Crippen LogP contribution in [0, 0.1) is 15.9 Å². The van der Waals surface area contributed by atoms with Crippen molar-refractivity contribution in [3.8, 4) is 0 Å². The molecule has 2 N–H and O–H groups in total. The van der Waals surface area contributed by atoms with Gasteiger partial charge in [0, 0.05) is 16.1 Å². The van der Waals surface area contributed by atoms with Crippen LogP contribution in [0.3, 0.4) is 0 Å². The Kier molecular flexibility index (Phi) is 5.00. The number of pyridine rings is 1. The normalized spacial score (nSPS) is 10.7. The van der Waals surface area contributed by atoms with Crippen LogP contribution in [-0.2, 0) is 0 Å². The van der Waals surface area contributed by atoms with Crippen molar-refractivity contribution < 1.29 is 9.31 Å². The maximum Gasteiger partial charge on any atom is 0.353 e. The molecular weight excluding hydrogens is 443 g/mol. The van der Waals surface area contributed by atoms with E-state index in [1.165, 1.54) is 12.1 Å². The van der Waals surface area contributed by atoms with Gasteiger partial charge in [-0.2, -0.15) is 0 Å². The van der Waals surface area contributed by atoms with Crippen LogP contribution >= 0.6 is 15.9 Å². The van der Waals surface area contributed by atoms with E-state index in [2.05, 4.69) is 41.5 Å². The third kappa shape index (κ3) is 3.83. The third-order valence-corrected chi connectivity index (χ3v) is 4.57. The summed E-state index contributed by atoms with van der Waals surface area (Å²) in [7, 11) is 0. The van der Waals surface area contributed by atoms with Gasteiger partial charge in [-0.05, 0) is 30.3 Å². The van der Waals surface area contributed by atoms with Gasteiger partial charge in [-0.1, -0.05) is 34.1 Å². The maximum atomic E-state index is 14.2. The smallest absolute Gasteiger partial charge is 0.332 e. The van der Waals surface area contributed by atoms with Gasteiger partial charge >= 0.3 is 5.69 Å². The fourth-order valence-corrected chi connectivity index (χ4v) is 3.12. The zero-order valence-electron chi connectivity index (χ0n) is 14.6. The standard InChI is InChI=1S/C19H12BrFN6O2/c20-12-6-7-14(13(21)9-12)25-18-17(27(28)29)19(24-10-23-18)26-15-5-1-3-11-4-2-8-22-16(11)15/h1-10H,(H2,23,24,25,26). The van der Waals surface area contributed by atoms with Crippen molar-refractivity contribution in [2.24, 2.45) is 0 Å². The second-order valence-corrected chi connectivity index (χ2v) is 6.85. The first kappa shape index (κ1) is 18.7. The van der Waals surface area contributed by atoms with Gasteiger partial charge in [-0.15, -0.1) is 0 Å². The molecule has 0 fully saturated rings. The Morgan fingerprint density at radius 3 is 2.41 bits per heavy atom. The maximum absolute atomic E-state index is 14.2. The Morgan fingerprint density at radius 1 is 0.966 bits per heavy atom. The lowest BCUT2D eigenvalue weighted by Gasteiger charge is -2.11. The summed E-state index contributed by atoms with van der Waals surface area (Å²) in [6.07, 6.45) is 2.79. The average Bonchev–Trinajstić information content (AvgIpc) is 2.70. The van der Waals surface area contributed by atoms with Crippen molar-refractivity contribution in [2.75, 3.05) is 10.6 Å². The van der Waals surface area contributed by atoms with Gasteiger partial charge in [-0.3, -0.25) is 15.1 Å². The molecule has 0 bridgehead atoms. The summed E-state index contributed by atoms with van der Waals surface area (Å²) in [5.41, 5.74) is 0.817. The van der Waals surface area contributed by atoms with Gasteiger partial charge in [0.05, 0.1) is 21.8 Å². The molecule has 0 saturated carbocycles. The average molecular weight is 455 g/mol. The molecule has 10 heteroatoms. The highest BCUT2D eigenvalue weighted by molar-refractivity contribution is 9.10. The van der Waals surface area contributed by atoms with Gasteiger partial charge in [-0.25, -0.2) is 14.4 Å². The molecule has 0 saturated heterocycles. The highest BCUT2D eigenvalue weighted by Crippen LogP contribution is 2.35. The van der Waals surface area contributed by atoms with E-state index in [4.69, 9.17) is 0 Å². The fourth-order valence-electron chi connectivity index (χ4n) is 2.79. The van der Waals surface area contributed by atoms with Crippen molar-refractivity contribution >= 4 is 55.5 Å². The van der Waals surface area contributed by atoms with E-state index in [-0.39, 0.29) is 17.3 Å². The van der Waals surface area contributed by atoms with Gasteiger partial charge in [0.15, 0.2) is 0 Å². The highest BCUT2D eigenvalue weighted by Gasteiger charge is 2.24. The fraction of sp³-hybridized carbons (Fsp3) is 0. The summed E-state index contributed by atoms with van der Waals surface area (Å²) in [4.78, 5) is 23.4. The SMILES string of the molecule is O=[N+]([O-])c1c(Nc2ccc(Br)cc2F)ncnc1Nc1cccc2cccnc12. The first-order valence-corrected chi connectivity index (χ1v) is 9.14. The lowest BCUT2D eigenvalue weighted by Crippen LogP contribution is -2.06. The Bertz CT molecular complexity index is 1230. The second-order valence-electron chi connectivity index (χ2n) is 5.93. The summed E-state index contributed by atoms with van der Waals surface area (Å²) in [6.45, 7) is 0. The molecule has 4 rings (SSSR count). The number of fused-ring (bicyclic) bond motifs is 1. The lowest BCUT2D eigenvalue weighted by atomic mass is 10.2. The largest absolute Gasteiger partial charge is 0.353 e. The topological polar surface area (TPSA) is 106 Å². The van der Waals surface area contributed by atoms with Crippen LogP contribution in [0.15, 0.2) is 65.5 Å². The summed E-state index contributed by atoms with van der Waals surface area (Å²) in [6, 6.07) is 13.4. The number of aromatic nitrogens is 3. The second kappa shape index (κ2) is 7.76. The monoisotopic (exact) mass is 454 g/mol. The predicted octanol–water partition coefficient (Wildman–Crippen LogP) is 5.32. The predicted molar refractivity (Wildman–Crippen MR) is 111 cm³/mol. The molecule has 0 aliphatic rings. The van der Waals surface area contributed by atoms with Crippen LogP contribution in [0.1, 0.15) is 0 Å². The molecule has 0 radical (unpaired) electrons. The van der Waals surface area contributed by atoms with Crippen molar-refractivity contribution in [3.63, 3.8) is 0 Å². The van der Waals surface area contributed by atoms with Crippen molar-refractivity contribution in [1.82, 2.24) is 15.0 Å². The summed E-state index contributed by atoms with van der Waals surface area (Å²) < 4.78 is 14.7. The van der Waals surface area contributed by atoms with E-state index in [0.29, 0.717) is 15.7 Å². The molecule has 2 aromatic carbocycles. The minimum absolute atomic E-state index is 0.0387. The number of anilines is 4. The molecule has 0 aliphatic carbocycles. The Balaban J connectivity index is 1.76. The van der Waals surface area contributed by atoms with E-state index in [0.717, 1.165) is 11.7 Å². The van der Waals surface area contributed by atoms with Crippen molar-refractivity contribution in [3.05, 3.63) is 81.5 Å². The molecule has 0 atom stereocenters. The number of nitro groups is 1. The van der Waals surface area contributed by atoms with Gasteiger partial charge in [0.1, 0.15) is 12.1 Å². The molecule has 4 aromatic rings. The summed E-state index contributed by atoms with van der Waals surface area (Å²) in [5, 5.41) is 18.2. The van der Waals surface area contributed by atoms with E-state index in [1.807, 2.05) is 12.1 Å².